The average molecular weight is 511 g/mol. The number of nitrogens with zero attached hydrogens (tertiary/aromatic N) is 1. The van der Waals surface area contributed by atoms with Crippen LogP contribution in [0.2, 0.25) is 5.02 Å². The van der Waals surface area contributed by atoms with Crippen molar-refractivity contribution in [2.75, 3.05) is 23.9 Å². The minimum absolute atomic E-state index is 0.159. The van der Waals surface area contributed by atoms with Gasteiger partial charge in [0.2, 0.25) is 0 Å². The van der Waals surface area contributed by atoms with Crippen LogP contribution in [0.15, 0.2) is 77.7 Å². The second-order valence-corrected chi connectivity index (χ2v) is 9.24. The van der Waals surface area contributed by atoms with Gasteiger partial charge in [0.15, 0.2) is 10.9 Å². The molecule has 6 nitrogen and oxygen atoms in total. The van der Waals surface area contributed by atoms with Crippen molar-refractivity contribution in [2.45, 2.75) is 0 Å². The van der Waals surface area contributed by atoms with E-state index in [0.29, 0.717) is 37.1 Å². The predicted molar refractivity (Wildman–Crippen MR) is 141 cm³/mol. The number of carbonyl (C=O) groups is 2. The summed E-state index contributed by atoms with van der Waals surface area (Å²) in [5.74, 6) is 0.713. The van der Waals surface area contributed by atoms with Gasteiger partial charge in [-0.3, -0.25) is 14.5 Å². The molecule has 34 heavy (non-hydrogen) atoms. The summed E-state index contributed by atoms with van der Waals surface area (Å²) >= 11 is 12.6. The van der Waals surface area contributed by atoms with Crippen LogP contribution in [-0.2, 0) is 9.59 Å². The first kappa shape index (κ1) is 23.8. The van der Waals surface area contributed by atoms with Crippen molar-refractivity contribution in [1.29, 1.82) is 0 Å². The number of hydrogen-bond acceptors (Lipinski definition) is 6. The van der Waals surface area contributed by atoms with Gasteiger partial charge < -0.3 is 14.8 Å². The van der Waals surface area contributed by atoms with Gasteiger partial charge >= 0.3 is 0 Å². The fourth-order valence-corrected chi connectivity index (χ4v) is 4.57. The number of halogens is 1. The molecule has 9 heteroatoms. The lowest BCUT2D eigenvalue weighted by atomic mass is 10.2. The Kier molecular flexibility index (Phi) is 7.52. The number of thiocarbonyl (C=S) groups is 1. The molecule has 0 saturated carbocycles. The lowest BCUT2D eigenvalue weighted by molar-refractivity contribution is -0.118. The molecule has 4 rings (SSSR count). The Balaban J connectivity index is 1.40. The SMILES string of the molecule is COc1ccc(NC(=O)COc2cccc(/C=C3\SC(=S)N(c4ccc(Cl)cc4)C3=O)c2)cc1. The molecule has 1 aliphatic heterocycles. The molecule has 3 aromatic rings. The van der Waals surface area contributed by atoms with Crippen molar-refractivity contribution in [3.8, 4) is 11.5 Å². The van der Waals surface area contributed by atoms with Gasteiger partial charge in [0, 0.05) is 10.7 Å². The van der Waals surface area contributed by atoms with Crippen molar-refractivity contribution in [3.63, 3.8) is 0 Å². The minimum Gasteiger partial charge on any atom is -0.497 e. The molecule has 0 aromatic heterocycles. The van der Waals surface area contributed by atoms with E-state index in [1.165, 1.54) is 16.7 Å². The van der Waals surface area contributed by atoms with Gasteiger partial charge in [0.05, 0.1) is 17.7 Å². The molecule has 0 spiro atoms. The van der Waals surface area contributed by atoms with Gasteiger partial charge in [-0.2, -0.15) is 0 Å². The normalized spacial score (nSPS) is 14.4. The van der Waals surface area contributed by atoms with E-state index in [0.717, 1.165) is 5.56 Å². The number of rotatable bonds is 7. The highest BCUT2D eigenvalue weighted by Gasteiger charge is 2.33. The molecule has 1 fully saturated rings. The number of amides is 2. The number of anilines is 2. The highest BCUT2D eigenvalue weighted by molar-refractivity contribution is 8.27. The third-order valence-corrected chi connectivity index (χ3v) is 6.33. The summed E-state index contributed by atoms with van der Waals surface area (Å²) in [5.41, 5.74) is 2.06. The topological polar surface area (TPSA) is 67.9 Å². The number of methoxy groups -OCH3 is 1. The number of hydrogen-bond donors (Lipinski definition) is 1. The first-order chi connectivity index (χ1) is 16.4. The van der Waals surface area contributed by atoms with Crippen molar-refractivity contribution in [1.82, 2.24) is 0 Å². The van der Waals surface area contributed by atoms with Crippen LogP contribution in [0, 0.1) is 0 Å². The maximum atomic E-state index is 12.9. The molecule has 0 radical (unpaired) electrons. The van der Waals surface area contributed by atoms with E-state index < -0.39 is 0 Å². The molecule has 1 saturated heterocycles. The Morgan fingerprint density at radius 2 is 1.82 bits per heavy atom. The van der Waals surface area contributed by atoms with Crippen LogP contribution in [-0.4, -0.2) is 29.9 Å². The molecule has 0 atom stereocenters. The number of carbonyl (C=O) groups excluding carboxylic acids is 2. The molecule has 1 heterocycles. The van der Waals surface area contributed by atoms with E-state index in [2.05, 4.69) is 5.32 Å². The molecular formula is C25H19ClN2O4S2. The van der Waals surface area contributed by atoms with Gasteiger partial charge in [-0.05, 0) is 72.3 Å². The van der Waals surface area contributed by atoms with E-state index >= 15 is 0 Å². The van der Waals surface area contributed by atoms with E-state index in [4.69, 9.17) is 33.3 Å². The van der Waals surface area contributed by atoms with Crippen LogP contribution in [0.4, 0.5) is 11.4 Å². The second kappa shape index (κ2) is 10.7. The Hall–Kier alpha value is -3.33. The van der Waals surface area contributed by atoms with E-state index in [9.17, 15) is 9.59 Å². The molecule has 2 amide bonds. The third-order valence-electron chi connectivity index (χ3n) is 4.78. The second-order valence-electron chi connectivity index (χ2n) is 7.13. The maximum absolute atomic E-state index is 12.9. The highest BCUT2D eigenvalue weighted by Crippen LogP contribution is 2.36. The van der Waals surface area contributed by atoms with Crippen LogP contribution in [0.1, 0.15) is 5.56 Å². The molecule has 0 bridgehead atoms. The zero-order valence-corrected chi connectivity index (χ0v) is 20.4. The van der Waals surface area contributed by atoms with Crippen molar-refractivity contribution in [3.05, 3.63) is 88.3 Å². The monoisotopic (exact) mass is 510 g/mol. The standard InChI is InChI=1S/C25H19ClN2O4S2/c1-31-20-11-7-18(8-12-20)27-23(29)15-32-21-4-2-3-16(13-21)14-22-24(30)28(25(33)34-22)19-9-5-17(26)6-10-19/h2-14H,15H2,1H3,(H,27,29)/b22-14-. The summed E-state index contributed by atoms with van der Waals surface area (Å²) < 4.78 is 11.2. The highest BCUT2D eigenvalue weighted by atomic mass is 35.5. The van der Waals surface area contributed by atoms with E-state index in [1.807, 2.05) is 6.07 Å². The number of thioether (sulfide) groups is 1. The molecule has 172 valence electrons. The van der Waals surface area contributed by atoms with Crippen LogP contribution in [0.3, 0.4) is 0 Å². The lowest BCUT2D eigenvalue weighted by Crippen LogP contribution is -2.27. The van der Waals surface area contributed by atoms with Crippen molar-refractivity contribution in [2.24, 2.45) is 0 Å². The Morgan fingerprint density at radius 1 is 1.09 bits per heavy atom. The quantitative estimate of drug-likeness (QED) is 0.321. The summed E-state index contributed by atoms with van der Waals surface area (Å²) in [5, 5.41) is 3.35. The fraction of sp³-hybridized carbons (Fsp3) is 0.0800. The minimum atomic E-state index is -0.292. The Bertz CT molecular complexity index is 1260. The van der Waals surface area contributed by atoms with Gasteiger partial charge in [-0.15, -0.1) is 0 Å². The fourth-order valence-electron chi connectivity index (χ4n) is 3.15. The Morgan fingerprint density at radius 3 is 2.53 bits per heavy atom. The van der Waals surface area contributed by atoms with Crippen LogP contribution in [0.25, 0.3) is 6.08 Å². The van der Waals surface area contributed by atoms with Crippen molar-refractivity contribution >= 4 is 69.2 Å². The predicted octanol–water partition coefficient (Wildman–Crippen LogP) is 5.77. The number of benzene rings is 3. The molecule has 0 unspecified atom stereocenters. The number of ether oxygens (including phenoxy) is 2. The average Bonchev–Trinajstić information content (AvgIpc) is 3.11. The zero-order chi connectivity index (χ0) is 24.1. The largest absolute Gasteiger partial charge is 0.497 e. The molecular weight excluding hydrogens is 492 g/mol. The third kappa shape index (κ3) is 5.77. The van der Waals surface area contributed by atoms with Gasteiger partial charge in [-0.25, -0.2) is 0 Å². The van der Waals surface area contributed by atoms with Gasteiger partial charge in [0.1, 0.15) is 11.5 Å². The summed E-state index contributed by atoms with van der Waals surface area (Å²) in [7, 11) is 1.58. The lowest BCUT2D eigenvalue weighted by Gasteiger charge is -2.14. The summed E-state index contributed by atoms with van der Waals surface area (Å²) in [6.45, 7) is -0.159. The van der Waals surface area contributed by atoms with E-state index in [1.54, 1.807) is 79.9 Å². The zero-order valence-electron chi connectivity index (χ0n) is 18.0. The number of nitrogens with one attached hydrogen (secondary N) is 1. The molecule has 3 aromatic carbocycles. The Labute approximate surface area is 211 Å². The van der Waals surface area contributed by atoms with Gasteiger partial charge in [-0.1, -0.05) is 47.7 Å². The smallest absolute Gasteiger partial charge is 0.270 e. The van der Waals surface area contributed by atoms with E-state index in [-0.39, 0.29) is 18.4 Å². The van der Waals surface area contributed by atoms with Crippen LogP contribution >= 0.6 is 35.6 Å². The summed E-state index contributed by atoms with van der Waals surface area (Å²) in [6.07, 6.45) is 1.75. The maximum Gasteiger partial charge on any atom is 0.270 e. The molecule has 1 N–H and O–H groups in total. The molecule has 0 aliphatic carbocycles. The first-order valence-corrected chi connectivity index (χ1v) is 11.7. The van der Waals surface area contributed by atoms with Crippen molar-refractivity contribution < 1.29 is 19.1 Å². The van der Waals surface area contributed by atoms with Crippen LogP contribution < -0.4 is 19.7 Å². The summed E-state index contributed by atoms with van der Waals surface area (Å²) in [6, 6.07) is 21.1. The summed E-state index contributed by atoms with van der Waals surface area (Å²) in [4.78, 5) is 27.1. The van der Waals surface area contributed by atoms with Crippen LogP contribution in [0.5, 0.6) is 11.5 Å². The molecule has 1 aliphatic rings. The first-order valence-electron chi connectivity index (χ1n) is 10.1. The van der Waals surface area contributed by atoms with Gasteiger partial charge in [0.25, 0.3) is 11.8 Å².